The summed E-state index contributed by atoms with van der Waals surface area (Å²) in [5.74, 6) is 7.41. The molecule has 0 spiro atoms. The molecule has 0 aromatic carbocycles. The normalized spacial score (nSPS) is 30.4. The van der Waals surface area contributed by atoms with Crippen LogP contribution in [0.15, 0.2) is 0 Å². The Morgan fingerprint density at radius 2 is 1.52 bits per heavy atom. The molecule has 138 valence electrons. The van der Waals surface area contributed by atoms with Crippen LogP contribution >= 0.6 is 0 Å². The first kappa shape index (κ1) is 21.0. The number of hydrogen-bond donors (Lipinski definition) is 0. The quantitative estimate of drug-likeness (QED) is 0.384. The van der Waals surface area contributed by atoms with Gasteiger partial charge in [0.2, 0.25) is 0 Å². The van der Waals surface area contributed by atoms with E-state index in [4.69, 9.17) is 0 Å². The predicted molar refractivity (Wildman–Crippen MR) is 106 cm³/mol. The highest BCUT2D eigenvalue weighted by Crippen LogP contribution is 2.42. The summed E-state index contributed by atoms with van der Waals surface area (Å²) in [6, 6.07) is 0. The number of rotatable bonds is 10. The van der Waals surface area contributed by atoms with Crippen LogP contribution in [-0.4, -0.2) is 0 Å². The van der Waals surface area contributed by atoms with Gasteiger partial charge in [0.15, 0.2) is 0 Å². The molecule has 1 fully saturated rings. The van der Waals surface area contributed by atoms with Gasteiger partial charge in [0.05, 0.1) is 0 Å². The lowest BCUT2D eigenvalue weighted by atomic mass is 9.74. The first-order chi connectivity index (χ1) is 10.7. The molecule has 1 saturated carbocycles. The van der Waals surface area contributed by atoms with Crippen molar-refractivity contribution in [2.45, 2.75) is 100 Å². The van der Waals surface area contributed by atoms with E-state index < -0.39 is 0 Å². The smallest absolute Gasteiger partial charge is 0.0383 e. The molecule has 0 aromatic rings. The molecule has 0 aliphatic heterocycles. The summed E-state index contributed by atoms with van der Waals surface area (Å²) in [4.78, 5) is 0. The van der Waals surface area contributed by atoms with Crippen molar-refractivity contribution in [3.05, 3.63) is 0 Å². The van der Waals surface area contributed by atoms with Crippen LogP contribution in [0.4, 0.5) is 0 Å². The van der Waals surface area contributed by atoms with E-state index >= 15 is 0 Å². The van der Waals surface area contributed by atoms with Gasteiger partial charge in [-0.15, -0.1) is 0 Å². The standard InChI is InChI=1S/C23H46/c1-9-17(4)10-11-22(21(8)14-19(6)16(2)3)15-23-13-18(5)12-20(23)7/h16-23H,9-15H2,1-8H3. The molecule has 1 rings (SSSR count). The van der Waals surface area contributed by atoms with Crippen LogP contribution in [0.1, 0.15) is 100 Å². The summed E-state index contributed by atoms with van der Waals surface area (Å²) in [6.45, 7) is 19.6. The van der Waals surface area contributed by atoms with Crippen LogP contribution in [0.25, 0.3) is 0 Å². The largest absolute Gasteiger partial charge is 0.0651 e. The highest BCUT2D eigenvalue weighted by atomic mass is 14.4. The Kier molecular flexibility index (Phi) is 9.24. The lowest BCUT2D eigenvalue weighted by Crippen LogP contribution is -2.21. The van der Waals surface area contributed by atoms with Crippen molar-refractivity contribution in [2.24, 2.45) is 47.3 Å². The fourth-order valence-corrected chi connectivity index (χ4v) is 4.78. The Bertz CT molecular complexity index is 305. The predicted octanol–water partition coefficient (Wildman–Crippen LogP) is 7.82. The zero-order valence-electron chi connectivity index (χ0n) is 17.6. The van der Waals surface area contributed by atoms with Crippen molar-refractivity contribution in [3.63, 3.8) is 0 Å². The fourth-order valence-electron chi connectivity index (χ4n) is 4.78. The van der Waals surface area contributed by atoms with Gasteiger partial charge in [-0.3, -0.25) is 0 Å². The van der Waals surface area contributed by atoms with Crippen molar-refractivity contribution in [2.75, 3.05) is 0 Å². The van der Waals surface area contributed by atoms with Crippen molar-refractivity contribution < 1.29 is 0 Å². The first-order valence-electron chi connectivity index (χ1n) is 10.7. The SMILES string of the molecule is CCC(C)CCC(CC1CC(C)CC1C)C(C)CC(C)C(C)C. The highest BCUT2D eigenvalue weighted by molar-refractivity contribution is 4.83. The van der Waals surface area contributed by atoms with E-state index in [1.54, 1.807) is 0 Å². The zero-order valence-corrected chi connectivity index (χ0v) is 17.6. The molecule has 0 amide bonds. The lowest BCUT2D eigenvalue weighted by Gasteiger charge is -2.31. The Morgan fingerprint density at radius 3 is 2.00 bits per heavy atom. The maximum absolute atomic E-state index is 2.56. The van der Waals surface area contributed by atoms with E-state index in [0.29, 0.717) is 0 Å². The van der Waals surface area contributed by atoms with E-state index in [1.807, 2.05) is 0 Å². The van der Waals surface area contributed by atoms with Gasteiger partial charge in [-0.1, -0.05) is 68.2 Å². The van der Waals surface area contributed by atoms with Crippen molar-refractivity contribution in [1.29, 1.82) is 0 Å². The molecule has 23 heavy (non-hydrogen) atoms. The third-order valence-electron chi connectivity index (χ3n) is 7.30. The second kappa shape index (κ2) is 10.1. The Labute approximate surface area is 148 Å². The minimum Gasteiger partial charge on any atom is -0.0651 e. The van der Waals surface area contributed by atoms with Gasteiger partial charge >= 0.3 is 0 Å². The average Bonchev–Trinajstić information content (AvgIpc) is 2.80. The third-order valence-corrected chi connectivity index (χ3v) is 7.30. The lowest BCUT2D eigenvalue weighted by molar-refractivity contribution is 0.191. The average molecular weight is 323 g/mol. The Morgan fingerprint density at radius 1 is 0.870 bits per heavy atom. The molecule has 0 heterocycles. The minimum atomic E-state index is 0.832. The molecule has 0 nitrogen and oxygen atoms in total. The summed E-state index contributed by atoms with van der Waals surface area (Å²) in [5, 5.41) is 0. The zero-order chi connectivity index (χ0) is 17.6. The summed E-state index contributed by atoms with van der Waals surface area (Å²) >= 11 is 0. The molecule has 1 aliphatic rings. The van der Waals surface area contributed by atoms with Gasteiger partial charge in [-0.25, -0.2) is 0 Å². The van der Waals surface area contributed by atoms with Gasteiger partial charge in [0.25, 0.3) is 0 Å². The summed E-state index contributed by atoms with van der Waals surface area (Å²) in [7, 11) is 0. The molecule has 0 N–H and O–H groups in total. The fraction of sp³-hybridized carbons (Fsp3) is 1.00. The highest BCUT2D eigenvalue weighted by Gasteiger charge is 2.32. The van der Waals surface area contributed by atoms with E-state index in [-0.39, 0.29) is 0 Å². The molecule has 0 heteroatoms. The van der Waals surface area contributed by atoms with E-state index in [1.165, 1.54) is 44.9 Å². The van der Waals surface area contributed by atoms with Crippen LogP contribution in [-0.2, 0) is 0 Å². The monoisotopic (exact) mass is 322 g/mol. The van der Waals surface area contributed by atoms with Crippen molar-refractivity contribution in [3.8, 4) is 0 Å². The van der Waals surface area contributed by atoms with E-state index in [0.717, 1.165) is 47.3 Å². The van der Waals surface area contributed by atoms with Crippen LogP contribution in [0, 0.1) is 47.3 Å². The van der Waals surface area contributed by atoms with Gasteiger partial charge in [0.1, 0.15) is 0 Å². The van der Waals surface area contributed by atoms with E-state index in [2.05, 4.69) is 55.4 Å². The first-order valence-corrected chi connectivity index (χ1v) is 10.7. The maximum Gasteiger partial charge on any atom is -0.0383 e. The maximum atomic E-state index is 2.56. The Hall–Kier alpha value is 0. The van der Waals surface area contributed by atoms with Gasteiger partial charge < -0.3 is 0 Å². The van der Waals surface area contributed by atoms with Gasteiger partial charge in [-0.05, 0) is 79.4 Å². The van der Waals surface area contributed by atoms with Crippen LogP contribution in [0.5, 0.6) is 0 Å². The summed E-state index contributed by atoms with van der Waals surface area (Å²) in [6.07, 6.45) is 10.2. The minimum absolute atomic E-state index is 0.832. The molecule has 0 aromatic heterocycles. The number of hydrogen-bond acceptors (Lipinski definition) is 0. The van der Waals surface area contributed by atoms with E-state index in [9.17, 15) is 0 Å². The van der Waals surface area contributed by atoms with Crippen molar-refractivity contribution in [1.82, 2.24) is 0 Å². The molecule has 7 unspecified atom stereocenters. The van der Waals surface area contributed by atoms with Crippen LogP contribution < -0.4 is 0 Å². The molecule has 0 saturated heterocycles. The Balaban J connectivity index is 2.63. The van der Waals surface area contributed by atoms with Gasteiger partial charge in [-0.2, -0.15) is 0 Å². The molecule has 1 aliphatic carbocycles. The third kappa shape index (κ3) is 7.18. The summed E-state index contributed by atoms with van der Waals surface area (Å²) < 4.78 is 0. The molecule has 0 radical (unpaired) electrons. The van der Waals surface area contributed by atoms with Crippen LogP contribution in [0.3, 0.4) is 0 Å². The summed E-state index contributed by atoms with van der Waals surface area (Å²) in [5.41, 5.74) is 0. The molecule has 7 atom stereocenters. The molecular weight excluding hydrogens is 276 g/mol. The van der Waals surface area contributed by atoms with Crippen molar-refractivity contribution >= 4 is 0 Å². The topological polar surface area (TPSA) is 0 Å². The van der Waals surface area contributed by atoms with Gasteiger partial charge in [0, 0.05) is 0 Å². The molecule has 0 bridgehead atoms. The van der Waals surface area contributed by atoms with Crippen LogP contribution in [0.2, 0.25) is 0 Å². The second-order valence-electron chi connectivity index (χ2n) is 9.83. The molecular formula is C23H46. The second-order valence-corrected chi connectivity index (χ2v) is 9.83.